The minimum atomic E-state index is -0.390. The summed E-state index contributed by atoms with van der Waals surface area (Å²) in [6.07, 6.45) is 5.25. The second-order valence-electron chi connectivity index (χ2n) is 3.68. The second-order valence-corrected chi connectivity index (χ2v) is 5.92. The summed E-state index contributed by atoms with van der Waals surface area (Å²) in [4.78, 5) is 11.0. The van der Waals surface area contributed by atoms with Gasteiger partial charge in [-0.05, 0) is 24.5 Å². The molecule has 18 heavy (non-hydrogen) atoms. The van der Waals surface area contributed by atoms with Gasteiger partial charge in [0.2, 0.25) is 0 Å². The first-order valence-electron chi connectivity index (χ1n) is 5.37. The number of nitrogens with zero attached hydrogens (tertiary/aromatic N) is 1. The molecule has 0 N–H and O–H groups in total. The second kappa shape index (κ2) is 6.33. The molecule has 7 heteroatoms. The molecule has 2 rings (SSSR count). The van der Waals surface area contributed by atoms with Gasteiger partial charge in [0.25, 0.3) is 0 Å². The van der Waals surface area contributed by atoms with Crippen molar-refractivity contribution in [2.24, 2.45) is 0 Å². The Labute approximate surface area is 113 Å². The van der Waals surface area contributed by atoms with E-state index in [2.05, 4.69) is 0 Å². The van der Waals surface area contributed by atoms with Gasteiger partial charge in [0.05, 0.1) is 23.4 Å². The Bertz CT molecular complexity index is 438. The fourth-order valence-corrected chi connectivity index (χ4v) is 2.62. The Kier molecular flexibility index (Phi) is 4.76. The maximum atomic E-state index is 10.5. The Morgan fingerprint density at radius 3 is 2.78 bits per heavy atom. The van der Waals surface area contributed by atoms with Crippen LogP contribution in [0.5, 0.6) is 0 Å². The van der Waals surface area contributed by atoms with Crippen molar-refractivity contribution in [1.82, 2.24) is 0 Å². The maximum Gasteiger partial charge on any atom is 0.324 e. The molecule has 1 aliphatic rings. The zero-order valence-corrected chi connectivity index (χ0v) is 11.4. The van der Waals surface area contributed by atoms with Gasteiger partial charge in [-0.3, -0.25) is 10.1 Å². The van der Waals surface area contributed by atoms with E-state index >= 15 is 0 Å². The highest BCUT2D eigenvalue weighted by Gasteiger charge is 2.19. The number of hydrogen-bond acceptors (Lipinski definition) is 6. The van der Waals surface area contributed by atoms with E-state index in [1.807, 2.05) is 6.26 Å². The van der Waals surface area contributed by atoms with Gasteiger partial charge in [-0.15, -0.1) is 0 Å². The van der Waals surface area contributed by atoms with Gasteiger partial charge in [0.15, 0.2) is 6.29 Å². The Morgan fingerprint density at radius 2 is 2.22 bits per heavy atom. The maximum absolute atomic E-state index is 10.5. The lowest BCUT2D eigenvalue weighted by Crippen LogP contribution is -2.32. The number of thioether (sulfide) groups is 1. The van der Waals surface area contributed by atoms with E-state index < -0.39 is 4.92 Å². The van der Waals surface area contributed by atoms with Gasteiger partial charge < -0.3 is 9.47 Å². The van der Waals surface area contributed by atoms with Crippen LogP contribution in [0, 0.1) is 10.1 Å². The van der Waals surface area contributed by atoms with Crippen LogP contribution in [0.15, 0.2) is 18.2 Å². The van der Waals surface area contributed by atoms with E-state index in [0.717, 1.165) is 16.2 Å². The van der Waals surface area contributed by atoms with Crippen molar-refractivity contribution >= 4 is 34.2 Å². The third-order valence-electron chi connectivity index (χ3n) is 2.44. The molecule has 1 aromatic rings. The van der Waals surface area contributed by atoms with Gasteiger partial charge in [-0.1, -0.05) is 11.3 Å². The van der Waals surface area contributed by atoms with Crippen LogP contribution < -0.4 is 0 Å². The number of rotatable bonds is 4. The Balaban J connectivity index is 1.89. The van der Waals surface area contributed by atoms with Gasteiger partial charge in [-0.25, -0.2) is 0 Å². The minimum Gasteiger partial charge on any atom is -0.348 e. The van der Waals surface area contributed by atoms with Crippen LogP contribution in [0.4, 0.5) is 5.00 Å². The third-order valence-corrected chi connectivity index (χ3v) is 4.38. The largest absolute Gasteiger partial charge is 0.348 e. The van der Waals surface area contributed by atoms with Crippen molar-refractivity contribution in [3.63, 3.8) is 0 Å². The predicted molar refractivity (Wildman–Crippen MR) is 73.0 cm³/mol. The summed E-state index contributed by atoms with van der Waals surface area (Å²) in [5, 5.41) is 11.1. The first kappa shape index (κ1) is 13.5. The third kappa shape index (κ3) is 3.55. The lowest BCUT2D eigenvalue weighted by Gasteiger charge is -2.26. The van der Waals surface area contributed by atoms with Crippen molar-refractivity contribution in [2.45, 2.75) is 11.5 Å². The van der Waals surface area contributed by atoms with Crippen LogP contribution in [0.1, 0.15) is 4.88 Å². The summed E-state index contributed by atoms with van der Waals surface area (Å²) in [5.74, 6) is 0. The smallest absolute Gasteiger partial charge is 0.324 e. The molecule has 0 spiro atoms. The van der Waals surface area contributed by atoms with E-state index in [-0.39, 0.29) is 11.3 Å². The molecule has 0 amide bonds. The lowest BCUT2D eigenvalue weighted by molar-refractivity contribution is -0.380. The summed E-state index contributed by atoms with van der Waals surface area (Å²) < 4.78 is 11.0. The topological polar surface area (TPSA) is 61.6 Å². The molecule has 98 valence electrons. The number of ether oxygens (including phenoxy) is 2. The van der Waals surface area contributed by atoms with E-state index in [1.54, 1.807) is 30.0 Å². The number of thiophene rings is 1. The van der Waals surface area contributed by atoms with Crippen LogP contribution in [-0.2, 0) is 9.47 Å². The lowest BCUT2D eigenvalue weighted by atomic mass is 10.3. The molecule has 1 fully saturated rings. The highest BCUT2D eigenvalue weighted by molar-refractivity contribution is 7.99. The highest BCUT2D eigenvalue weighted by atomic mass is 32.2. The van der Waals surface area contributed by atoms with Gasteiger partial charge in [-0.2, -0.15) is 11.8 Å². The predicted octanol–water partition coefficient (Wildman–Crippen LogP) is 2.77. The van der Waals surface area contributed by atoms with Crippen molar-refractivity contribution in [3.8, 4) is 0 Å². The number of hydrogen-bond donors (Lipinski definition) is 0. The summed E-state index contributed by atoms with van der Waals surface area (Å²) >= 11 is 2.86. The molecular formula is C11H13NO4S2. The Hall–Kier alpha value is -0.890. The van der Waals surface area contributed by atoms with Crippen molar-refractivity contribution in [3.05, 3.63) is 33.2 Å². The fraction of sp³-hybridized carbons (Fsp3) is 0.455. The van der Waals surface area contributed by atoms with Crippen LogP contribution in [-0.4, -0.2) is 35.9 Å². The molecule has 0 unspecified atom stereocenters. The molecule has 1 aromatic heterocycles. The van der Waals surface area contributed by atoms with Crippen LogP contribution >= 0.6 is 23.1 Å². The molecule has 0 aliphatic carbocycles. The van der Waals surface area contributed by atoms with Crippen LogP contribution in [0.2, 0.25) is 0 Å². The summed E-state index contributed by atoms with van der Waals surface area (Å²) in [6, 6.07) is 3.21. The zero-order valence-electron chi connectivity index (χ0n) is 9.78. The molecule has 0 aromatic carbocycles. The monoisotopic (exact) mass is 287 g/mol. The molecule has 0 atom stereocenters. The quantitative estimate of drug-likeness (QED) is 0.629. The molecule has 0 radical (unpaired) electrons. The van der Waals surface area contributed by atoms with Gasteiger partial charge in [0, 0.05) is 10.9 Å². The van der Waals surface area contributed by atoms with Crippen molar-refractivity contribution in [2.75, 3.05) is 19.5 Å². The Morgan fingerprint density at radius 1 is 1.50 bits per heavy atom. The first-order chi connectivity index (χ1) is 8.69. The SMILES string of the molecule is CSC1COC(/C=C/c2ccc([N+](=O)[O-])s2)OC1. The molecular weight excluding hydrogens is 274 g/mol. The molecule has 5 nitrogen and oxygen atoms in total. The van der Waals surface area contributed by atoms with E-state index in [4.69, 9.17) is 9.47 Å². The molecule has 0 bridgehead atoms. The van der Waals surface area contributed by atoms with E-state index in [0.29, 0.717) is 18.5 Å². The fourth-order valence-electron chi connectivity index (χ4n) is 1.45. The first-order valence-corrected chi connectivity index (χ1v) is 7.48. The van der Waals surface area contributed by atoms with E-state index in [9.17, 15) is 10.1 Å². The summed E-state index contributed by atoms with van der Waals surface area (Å²) in [6.45, 7) is 1.33. The molecule has 1 saturated heterocycles. The van der Waals surface area contributed by atoms with Crippen LogP contribution in [0.3, 0.4) is 0 Å². The summed E-state index contributed by atoms with van der Waals surface area (Å²) in [5.41, 5.74) is 0. The molecule has 0 saturated carbocycles. The number of nitro groups is 1. The van der Waals surface area contributed by atoms with Crippen molar-refractivity contribution < 1.29 is 14.4 Å². The average molecular weight is 287 g/mol. The molecule has 1 aliphatic heterocycles. The minimum absolute atomic E-state index is 0.141. The highest BCUT2D eigenvalue weighted by Crippen LogP contribution is 2.25. The van der Waals surface area contributed by atoms with Crippen molar-refractivity contribution in [1.29, 1.82) is 0 Å². The van der Waals surface area contributed by atoms with Crippen LogP contribution in [0.25, 0.3) is 6.08 Å². The molecule has 2 heterocycles. The normalized spacial score (nSPS) is 24.5. The summed E-state index contributed by atoms with van der Waals surface area (Å²) in [7, 11) is 0. The standard InChI is InChI=1S/C11H13NO4S2/c1-17-9-6-15-11(16-7-9)5-3-8-2-4-10(18-8)12(13)14/h2-5,9,11H,6-7H2,1H3/b5-3+. The van der Waals surface area contributed by atoms with Gasteiger partial charge >= 0.3 is 5.00 Å². The van der Waals surface area contributed by atoms with E-state index in [1.165, 1.54) is 6.07 Å². The van der Waals surface area contributed by atoms with Gasteiger partial charge in [0.1, 0.15) is 0 Å². The zero-order chi connectivity index (χ0) is 13.0. The average Bonchev–Trinajstić information content (AvgIpc) is 2.86.